The Balaban J connectivity index is 2.66. The van der Waals surface area contributed by atoms with Crippen LogP contribution in [0.5, 0.6) is 0 Å². The minimum atomic E-state index is 0.550. The molecule has 0 aliphatic carbocycles. The van der Waals surface area contributed by atoms with Gasteiger partial charge in [0.25, 0.3) is 0 Å². The summed E-state index contributed by atoms with van der Waals surface area (Å²) in [6.45, 7) is 10.3. The number of anilines is 2. The molecule has 0 unspecified atom stereocenters. The van der Waals surface area contributed by atoms with Crippen molar-refractivity contribution in [2.75, 3.05) is 31.2 Å². The molecule has 0 fully saturated rings. The van der Waals surface area contributed by atoms with Crippen molar-refractivity contribution in [1.29, 1.82) is 0 Å². The van der Waals surface area contributed by atoms with Gasteiger partial charge in [-0.25, -0.2) is 9.97 Å². The Morgan fingerprint density at radius 1 is 1.32 bits per heavy atom. The van der Waals surface area contributed by atoms with Gasteiger partial charge in [0.05, 0.1) is 0 Å². The molecule has 1 aromatic rings. The van der Waals surface area contributed by atoms with Gasteiger partial charge in [0.1, 0.15) is 17.5 Å². The Labute approximate surface area is 116 Å². The van der Waals surface area contributed by atoms with Crippen LogP contribution in [0.25, 0.3) is 0 Å². The van der Waals surface area contributed by atoms with Gasteiger partial charge in [-0.15, -0.1) is 0 Å². The van der Waals surface area contributed by atoms with E-state index in [1.807, 2.05) is 6.92 Å². The monoisotopic (exact) mass is 265 g/mol. The minimum Gasteiger partial charge on any atom is -0.383 e. The number of nitrogens with two attached hydrogens (primary N) is 1. The molecular weight excluding hydrogens is 238 g/mol. The van der Waals surface area contributed by atoms with Gasteiger partial charge >= 0.3 is 0 Å². The van der Waals surface area contributed by atoms with E-state index in [0.29, 0.717) is 11.9 Å². The van der Waals surface area contributed by atoms with Crippen LogP contribution in [0.15, 0.2) is 0 Å². The van der Waals surface area contributed by atoms with Crippen molar-refractivity contribution in [2.24, 2.45) is 0 Å². The highest BCUT2D eigenvalue weighted by molar-refractivity contribution is 5.54. The Bertz CT molecular complexity index is 403. The molecule has 0 atom stereocenters. The molecule has 0 bridgehead atoms. The predicted molar refractivity (Wildman–Crippen MR) is 81.4 cm³/mol. The van der Waals surface area contributed by atoms with Crippen LogP contribution >= 0.6 is 0 Å². The SMILES string of the molecule is CCCc1nc(N)c(C)c(NCCN(C)C(C)C)n1. The van der Waals surface area contributed by atoms with E-state index in [1.165, 1.54) is 0 Å². The molecule has 3 N–H and O–H groups in total. The Morgan fingerprint density at radius 2 is 2.00 bits per heavy atom. The van der Waals surface area contributed by atoms with E-state index >= 15 is 0 Å². The zero-order valence-electron chi connectivity index (χ0n) is 12.8. The highest BCUT2D eigenvalue weighted by Gasteiger charge is 2.09. The lowest BCUT2D eigenvalue weighted by molar-refractivity contribution is 0.284. The van der Waals surface area contributed by atoms with Gasteiger partial charge < -0.3 is 16.0 Å². The smallest absolute Gasteiger partial charge is 0.134 e. The lowest BCUT2D eigenvalue weighted by atomic mass is 10.2. The van der Waals surface area contributed by atoms with E-state index in [1.54, 1.807) is 0 Å². The quantitative estimate of drug-likeness (QED) is 0.790. The highest BCUT2D eigenvalue weighted by Crippen LogP contribution is 2.17. The van der Waals surface area contributed by atoms with Crippen LogP contribution in [0.1, 0.15) is 38.6 Å². The fraction of sp³-hybridized carbons (Fsp3) is 0.714. The summed E-state index contributed by atoms with van der Waals surface area (Å²) in [7, 11) is 2.12. The summed E-state index contributed by atoms with van der Waals surface area (Å²) >= 11 is 0. The summed E-state index contributed by atoms with van der Waals surface area (Å²) in [6, 6.07) is 0.550. The van der Waals surface area contributed by atoms with Gasteiger partial charge in [-0.1, -0.05) is 6.92 Å². The number of nitrogen functional groups attached to an aromatic ring is 1. The van der Waals surface area contributed by atoms with Gasteiger partial charge in [0.15, 0.2) is 0 Å². The first-order valence-corrected chi connectivity index (χ1v) is 7.02. The second-order valence-electron chi connectivity index (χ2n) is 5.25. The fourth-order valence-electron chi connectivity index (χ4n) is 1.70. The molecule has 19 heavy (non-hydrogen) atoms. The van der Waals surface area contributed by atoms with Gasteiger partial charge in [0.2, 0.25) is 0 Å². The van der Waals surface area contributed by atoms with Crippen LogP contribution in [0.3, 0.4) is 0 Å². The molecule has 5 nitrogen and oxygen atoms in total. The number of aryl methyl sites for hydroxylation is 1. The largest absolute Gasteiger partial charge is 0.383 e. The van der Waals surface area contributed by atoms with E-state index in [9.17, 15) is 0 Å². The molecule has 5 heteroatoms. The summed E-state index contributed by atoms with van der Waals surface area (Å²) in [4.78, 5) is 11.1. The van der Waals surface area contributed by atoms with E-state index in [2.05, 4.69) is 48.0 Å². The first-order chi connectivity index (χ1) is 8.95. The fourth-order valence-corrected chi connectivity index (χ4v) is 1.70. The summed E-state index contributed by atoms with van der Waals surface area (Å²) in [5.74, 6) is 2.27. The maximum atomic E-state index is 5.93. The summed E-state index contributed by atoms with van der Waals surface area (Å²) in [5, 5.41) is 3.37. The van der Waals surface area contributed by atoms with Crippen molar-refractivity contribution in [2.45, 2.75) is 46.6 Å². The number of hydrogen-bond donors (Lipinski definition) is 2. The van der Waals surface area contributed by atoms with Gasteiger partial charge in [0, 0.05) is 31.1 Å². The van der Waals surface area contributed by atoms with Crippen molar-refractivity contribution in [1.82, 2.24) is 14.9 Å². The van der Waals surface area contributed by atoms with Crippen LogP contribution in [0, 0.1) is 6.92 Å². The van der Waals surface area contributed by atoms with Crippen molar-refractivity contribution in [3.05, 3.63) is 11.4 Å². The Morgan fingerprint density at radius 3 is 2.58 bits per heavy atom. The second-order valence-corrected chi connectivity index (χ2v) is 5.25. The molecule has 0 saturated heterocycles. The average molecular weight is 265 g/mol. The molecular formula is C14H27N5. The molecule has 0 aromatic carbocycles. The third-order valence-corrected chi connectivity index (χ3v) is 3.34. The van der Waals surface area contributed by atoms with Crippen molar-refractivity contribution in [3.63, 3.8) is 0 Å². The first kappa shape index (κ1) is 15.7. The van der Waals surface area contributed by atoms with E-state index in [4.69, 9.17) is 5.73 Å². The average Bonchev–Trinajstić information content (AvgIpc) is 2.35. The van der Waals surface area contributed by atoms with Crippen LogP contribution in [-0.2, 0) is 6.42 Å². The first-order valence-electron chi connectivity index (χ1n) is 7.02. The molecule has 0 aliphatic heterocycles. The minimum absolute atomic E-state index is 0.550. The molecule has 0 radical (unpaired) electrons. The van der Waals surface area contributed by atoms with Gasteiger partial charge in [-0.3, -0.25) is 0 Å². The zero-order chi connectivity index (χ0) is 14.4. The number of likely N-dealkylation sites (N-methyl/N-ethyl adjacent to an activating group) is 1. The molecule has 0 saturated carbocycles. The molecule has 108 valence electrons. The van der Waals surface area contributed by atoms with Crippen LogP contribution in [0.2, 0.25) is 0 Å². The number of nitrogens with zero attached hydrogens (tertiary/aromatic N) is 3. The van der Waals surface area contributed by atoms with E-state index < -0.39 is 0 Å². The summed E-state index contributed by atoms with van der Waals surface area (Å²) < 4.78 is 0. The standard InChI is InChI=1S/C14H27N5/c1-6-7-12-17-13(15)11(4)14(18-12)16-8-9-19(5)10(2)3/h10H,6-9H2,1-5H3,(H3,15,16,17,18). The third-order valence-electron chi connectivity index (χ3n) is 3.34. The number of aromatic nitrogens is 2. The Kier molecular flexibility index (Phi) is 6.02. The van der Waals surface area contributed by atoms with E-state index in [0.717, 1.165) is 43.1 Å². The lowest BCUT2D eigenvalue weighted by Gasteiger charge is -2.21. The highest BCUT2D eigenvalue weighted by atomic mass is 15.1. The summed E-state index contributed by atoms with van der Waals surface area (Å²) in [5.41, 5.74) is 6.87. The molecule has 1 heterocycles. The molecule has 1 rings (SSSR count). The normalized spacial score (nSPS) is 11.3. The Hall–Kier alpha value is -1.36. The number of rotatable bonds is 7. The van der Waals surface area contributed by atoms with Gasteiger partial charge in [-0.05, 0) is 34.2 Å². The predicted octanol–water partition coefficient (Wildman–Crippen LogP) is 2.07. The van der Waals surface area contributed by atoms with Crippen molar-refractivity contribution in [3.8, 4) is 0 Å². The molecule has 0 aliphatic rings. The second kappa shape index (κ2) is 7.28. The topological polar surface area (TPSA) is 67.1 Å². The number of hydrogen-bond acceptors (Lipinski definition) is 5. The molecule has 0 amide bonds. The molecule has 1 aromatic heterocycles. The molecule has 0 spiro atoms. The van der Waals surface area contributed by atoms with Crippen LogP contribution in [-0.4, -0.2) is 41.0 Å². The van der Waals surface area contributed by atoms with Crippen LogP contribution in [0.4, 0.5) is 11.6 Å². The van der Waals surface area contributed by atoms with Crippen molar-refractivity contribution >= 4 is 11.6 Å². The van der Waals surface area contributed by atoms with Crippen LogP contribution < -0.4 is 11.1 Å². The van der Waals surface area contributed by atoms with E-state index in [-0.39, 0.29) is 0 Å². The third kappa shape index (κ3) is 4.67. The van der Waals surface area contributed by atoms with Crippen molar-refractivity contribution < 1.29 is 0 Å². The maximum absolute atomic E-state index is 5.93. The summed E-state index contributed by atoms with van der Waals surface area (Å²) in [6.07, 6.45) is 1.89. The van der Waals surface area contributed by atoms with Gasteiger partial charge in [-0.2, -0.15) is 0 Å². The number of nitrogens with one attached hydrogen (secondary N) is 1. The maximum Gasteiger partial charge on any atom is 0.134 e. The lowest BCUT2D eigenvalue weighted by Crippen LogP contribution is -2.31. The zero-order valence-corrected chi connectivity index (χ0v) is 12.8.